The lowest BCUT2D eigenvalue weighted by molar-refractivity contribution is -0.000243. The first-order valence-corrected chi connectivity index (χ1v) is 8.33. The summed E-state index contributed by atoms with van der Waals surface area (Å²) in [5.74, 6) is 0. The van der Waals surface area contributed by atoms with Gasteiger partial charge in [0.1, 0.15) is 11.2 Å². The van der Waals surface area contributed by atoms with E-state index >= 15 is 0 Å². The standard InChI is InChI=1S/C18H24ClN3O4/c1-17(2,3)25-15(23)22(16(24)26-18(4,5)6)10-12-11(9-20)7-8-13(21)14(12)19/h7-8H,10,21H2,1-6H3. The van der Waals surface area contributed by atoms with Gasteiger partial charge in [-0.1, -0.05) is 11.6 Å². The highest BCUT2D eigenvalue weighted by molar-refractivity contribution is 6.34. The summed E-state index contributed by atoms with van der Waals surface area (Å²) in [6, 6.07) is 4.93. The maximum absolute atomic E-state index is 12.5. The minimum absolute atomic E-state index is 0.0983. The van der Waals surface area contributed by atoms with Gasteiger partial charge in [0.15, 0.2) is 0 Å². The highest BCUT2D eigenvalue weighted by Crippen LogP contribution is 2.29. The summed E-state index contributed by atoms with van der Waals surface area (Å²) in [6.07, 6.45) is -1.82. The number of nitrogen functional groups attached to an aromatic ring is 1. The summed E-state index contributed by atoms with van der Waals surface area (Å²) in [5, 5.41) is 9.39. The molecule has 0 saturated carbocycles. The van der Waals surface area contributed by atoms with Crippen molar-refractivity contribution in [2.45, 2.75) is 59.3 Å². The van der Waals surface area contributed by atoms with Crippen LogP contribution in [0.25, 0.3) is 0 Å². The highest BCUT2D eigenvalue weighted by atomic mass is 35.5. The van der Waals surface area contributed by atoms with Crippen LogP contribution in [0.3, 0.4) is 0 Å². The molecule has 1 rings (SSSR count). The number of anilines is 1. The van der Waals surface area contributed by atoms with Crippen LogP contribution in [0, 0.1) is 11.3 Å². The molecule has 0 heterocycles. The first-order valence-electron chi connectivity index (χ1n) is 7.95. The Bertz CT molecular complexity index is 715. The second-order valence-corrected chi connectivity index (χ2v) is 8.03. The lowest BCUT2D eigenvalue weighted by atomic mass is 10.1. The van der Waals surface area contributed by atoms with E-state index in [1.54, 1.807) is 41.5 Å². The number of amides is 2. The lowest BCUT2D eigenvalue weighted by Crippen LogP contribution is -2.43. The van der Waals surface area contributed by atoms with E-state index < -0.39 is 23.4 Å². The molecule has 7 nitrogen and oxygen atoms in total. The summed E-state index contributed by atoms with van der Waals surface area (Å²) in [7, 11) is 0. The van der Waals surface area contributed by atoms with Crippen molar-refractivity contribution < 1.29 is 19.1 Å². The molecule has 8 heteroatoms. The average molecular weight is 382 g/mol. The van der Waals surface area contributed by atoms with Gasteiger partial charge < -0.3 is 15.2 Å². The lowest BCUT2D eigenvalue weighted by Gasteiger charge is -2.29. The Balaban J connectivity index is 3.30. The van der Waals surface area contributed by atoms with Gasteiger partial charge in [0.25, 0.3) is 0 Å². The van der Waals surface area contributed by atoms with Crippen LogP contribution in [0.1, 0.15) is 52.7 Å². The molecule has 2 amide bonds. The zero-order valence-electron chi connectivity index (χ0n) is 15.8. The van der Waals surface area contributed by atoms with Crippen LogP contribution in [0.15, 0.2) is 12.1 Å². The number of benzene rings is 1. The van der Waals surface area contributed by atoms with Crippen molar-refractivity contribution >= 4 is 29.5 Å². The fourth-order valence-electron chi connectivity index (χ4n) is 1.89. The molecule has 0 aliphatic rings. The second-order valence-electron chi connectivity index (χ2n) is 7.65. The van der Waals surface area contributed by atoms with Gasteiger partial charge >= 0.3 is 12.2 Å². The molecule has 26 heavy (non-hydrogen) atoms. The van der Waals surface area contributed by atoms with Gasteiger partial charge in [0, 0.05) is 5.56 Å². The number of carbonyl (C=O) groups excluding carboxylic acids is 2. The van der Waals surface area contributed by atoms with E-state index in [4.69, 9.17) is 26.8 Å². The maximum Gasteiger partial charge on any atom is 0.420 e. The number of nitrogens with zero attached hydrogens (tertiary/aromatic N) is 2. The van der Waals surface area contributed by atoms with Crippen molar-refractivity contribution in [2.24, 2.45) is 0 Å². The summed E-state index contributed by atoms with van der Waals surface area (Å²) >= 11 is 6.19. The molecule has 0 radical (unpaired) electrons. The van der Waals surface area contributed by atoms with Gasteiger partial charge in [-0.2, -0.15) is 5.26 Å². The van der Waals surface area contributed by atoms with Crippen molar-refractivity contribution in [3.8, 4) is 6.07 Å². The Hall–Kier alpha value is -2.46. The van der Waals surface area contributed by atoms with Crippen LogP contribution in [0.4, 0.5) is 15.3 Å². The highest BCUT2D eigenvalue weighted by Gasteiger charge is 2.32. The van der Waals surface area contributed by atoms with Crippen LogP contribution < -0.4 is 5.73 Å². The predicted molar refractivity (Wildman–Crippen MR) is 98.6 cm³/mol. The molecule has 0 aliphatic heterocycles. The number of nitrogens with two attached hydrogens (primary N) is 1. The van der Waals surface area contributed by atoms with Gasteiger partial charge in [0.05, 0.1) is 28.9 Å². The monoisotopic (exact) mass is 381 g/mol. The molecule has 1 aromatic carbocycles. The number of hydrogen-bond acceptors (Lipinski definition) is 6. The zero-order chi connectivity index (χ0) is 20.3. The zero-order valence-corrected chi connectivity index (χ0v) is 16.6. The van der Waals surface area contributed by atoms with Gasteiger partial charge in [-0.05, 0) is 53.7 Å². The van der Waals surface area contributed by atoms with Gasteiger partial charge in [0.2, 0.25) is 0 Å². The quantitative estimate of drug-likeness (QED) is 0.757. The first kappa shape index (κ1) is 21.6. The second kappa shape index (κ2) is 7.83. The van der Waals surface area contributed by atoms with E-state index in [0.717, 1.165) is 4.90 Å². The molecule has 0 saturated heterocycles. The van der Waals surface area contributed by atoms with Crippen LogP contribution in [0.2, 0.25) is 5.02 Å². The van der Waals surface area contributed by atoms with Gasteiger partial charge in [-0.25, -0.2) is 14.5 Å². The topological polar surface area (TPSA) is 106 Å². The molecule has 142 valence electrons. The Kier molecular flexibility index (Phi) is 6.50. The van der Waals surface area contributed by atoms with E-state index in [1.165, 1.54) is 12.1 Å². The number of ether oxygens (including phenoxy) is 2. The minimum atomic E-state index is -0.908. The third-order valence-electron chi connectivity index (χ3n) is 2.94. The Morgan fingerprint density at radius 3 is 1.96 bits per heavy atom. The van der Waals surface area contributed by atoms with Crippen LogP contribution in [-0.2, 0) is 16.0 Å². The predicted octanol–water partition coefficient (Wildman–Crippen LogP) is 4.47. The van der Waals surface area contributed by atoms with Crippen LogP contribution >= 0.6 is 11.6 Å². The van der Waals surface area contributed by atoms with Crippen molar-refractivity contribution in [2.75, 3.05) is 5.73 Å². The SMILES string of the molecule is CC(C)(C)OC(=O)N(Cc1c(C#N)ccc(N)c1Cl)C(=O)OC(C)(C)C. The molecule has 1 aromatic rings. The molecular formula is C18H24ClN3O4. The molecule has 0 unspecified atom stereocenters. The summed E-state index contributed by atoms with van der Waals surface area (Å²) in [4.78, 5) is 25.8. The molecule has 0 atom stereocenters. The number of rotatable bonds is 2. The minimum Gasteiger partial charge on any atom is -0.443 e. The average Bonchev–Trinajstić information content (AvgIpc) is 2.44. The number of nitriles is 1. The molecule has 0 spiro atoms. The smallest absolute Gasteiger partial charge is 0.420 e. The fourth-order valence-corrected chi connectivity index (χ4v) is 2.12. The molecule has 0 aromatic heterocycles. The van der Waals surface area contributed by atoms with Gasteiger partial charge in [-0.3, -0.25) is 0 Å². The Morgan fingerprint density at radius 2 is 1.58 bits per heavy atom. The van der Waals surface area contributed by atoms with Crippen LogP contribution in [-0.4, -0.2) is 28.3 Å². The van der Waals surface area contributed by atoms with Crippen molar-refractivity contribution in [1.82, 2.24) is 4.90 Å². The van der Waals surface area contributed by atoms with Crippen molar-refractivity contribution in [3.63, 3.8) is 0 Å². The van der Waals surface area contributed by atoms with E-state index in [0.29, 0.717) is 0 Å². The van der Waals surface area contributed by atoms with Crippen molar-refractivity contribution in [3.05, 3.63) is 28.3 Å². The molecule has 0 fully saturated rings. The molecule has 0 bridgehead atoms. The number of hydrogen-bond donors (Lipinski definition) is 1. The first-order chi connectivity index (χ1) is 11.7. The third kappa shape index (κ3) is 6.12. The molecule has 0 aliphatic carbocycles. The van der Waals surface area contributed by atoms with E-state index in [1.807, 2.05) is 6.07 Å². The Labute approximate surface area is 158 Å². The summed E-state index contributed by atoms with van der Waals surface area (Å²) < 4.78 is 10.6. The Morgan fingerprint density at radius 1 is 1.12 bits per heavy atom. The number of halogens is 1. The summed E-state index contributed by atoms with van der Waals surface area (Å²) in [5.41, 5.74) is 4.80. The molecular weight excluding hydrogens is 358 g/mol. The maximum atomic E-state index is 12.5. The molecule has 2 N–H and O–H groups in total. The number of carbonyl (C=O) groups is 2. The number of imide groups is 1. The third-order valence-corrected chi connectivity index (χ3v) is 3.38. The largest absolute Gasteiger partial charge is 0.443 e. The summed E-state index contributed by atoms with van der Waals surface area (Å²) in [6.45, 7) is 9.73. The van der Waals surface area contributed by atoms with Crippen molar-refractivity contribution in [1.29, 1.82) is 5.26 Å². The van der Waals surface area contributed by atoms with Gasteiger partial charge in [-0.15, -0.1) is 0 Å². The van der Waals surface area contributed by atoms with E-state index in [2.05, 4.69) is 0 Å². The normalized spacial score (nSPS) is 11.5. The van der Waals surface area contributed by atoms with E-state index in [9.17, 15) is 14.9 Å². The fraction of sp³-hybridized carbons (Fsp3) is 0.500. The van der Waals surface area contributed by atoms with Crippen LogP contribution in [0.5, 0.6) is 0 Å². The van der Waals surface area contributed by atoms with E-state index in [-0.39, 0.29) is 28.4 Å².